The number of nitrogens with one attached hydrogen (secondary N) is 1. The number of urea groups is 2. The number of nitrogens with zero attached hydrogens (tertiary/aromatic N) is 3. The third-order valence-corrected chi connectivity index (χ3v) is 2.47. The van der Waals surface area contributed by atoms with Crippen LogP contribution in [0, 0.1) is 0 Å². The molecule has 2 rings (SSSR count). The average Bonchev–Trinajstić information content (AvgIpc) is 2.61. The lowest BCUT2D eigenvalue weighted by molar-refractivity contribution is -0.407. The lowest BCUT2D eigenvalue weighted by Crippen LogP contribution is -2.58. The fourth-order valence-electron chi connectivity index (χ4n) is 1.58. The third-order valence-electron chi connectivity index (χ3n) is 2.47. The van der Waals surface area contributed by atoms with Gasteiger partial charge < -0.3 is 0 Å². The predicted octanol–water partition coefficient (Wildman–Crippen LogP) is -1.36. The van der Waals surface area contributed by atoms with Crippen LogP contribution in [0.15, 0.2) is 0 Å². The molecule has 0 aliphatic carbocycles. The molecule has 15 heavy (non-hydrogen) atoms. The summed E-state index contributed by atoms with van der Waals surface area (Å²) in [6.45, 7) is -2.76. The highest BCUT2D eigenvalue weighted by Gasteiger charge is 2.52. The topological polar surface area (TPSA) is 72.7 Å². The Balaban J connectivity index is 2.57. The molecule has 2 aliphatic heterocycles. The lowest BCUT2D eigenvalue weighted by atomic mass is 10.2. The van der Waals surface area contributed by atoms with Crippen LogP contribution < -0.4 is 5.32 Å². The Hall–Kier alpha value is -1.92. The highest BCUT2D eigenvalue weighted by molar-refractivity contribution is 6.21. The van der Waals surface area contributed by atoms with E-state index in [1.807, 2.05) is 0 Å². The van der Waals surface area contributed by atoms with Crippen LogP contribution in [-0.4, -0.2) is 65.3 Å². The van der Waals surface area contributed by atoms with Crippen LogP contribution in [0.4, 0.5) is 9.59 Å². The van der Waals surface area contributed by atoms with Gasteiger partial charge in [-0.2, -0.15) is 4.90 Å². The summed E-state index contributed by atoms with van der Waals surface area (Å²) in [7, 11) is 2.59. The minimum atomic E-state index is -2.76. The van der Waals surface area contributed by atoms with E-state index >= 15 is 0 Å². The van der Waals surface area contributed by atoms with Crippen LogP contribution in [0.1, 0.15) is 4.11 Å². The molecule has 1 fully saturated rings. The number of amides is 5. The van der Waals surface area contributed by atoms with Crippen molar-refractivity contribution < 1.29 is 23.1 Å². The molecule has 1 N–H and O–H groups in total. The number of amidine groups is 1. The predicted molar refractivity (Wildman–Crippen MR) is 49.4 cm³/mol. The molecule has 7 nitrogen and oxygen atoms in total. The quantitative estimate of drug-likeness (QED) is 0.506. The van der Waals surface area contributed by atoms with Crippen LogP contribution >= 0.6 is 0 Å². The van der Waals surface area contributed by atoms with Gasteiger partial charge in [0.05, 0.1) is 14.1 Å². The maximum atomic E-state index is 11.9. The van der Waals surface area contributed by atoms with Gasteiger partial charge in [0.15, 0.2) is 0 Å². The van der Waals surface area contributed by atoms with Gasteiger partial charge in [-0.05, 0) is 0 Å². The normalized spacial score (nSPS) is 29.9. The summed E-state index contributed by atoms with van der Waals surface area (Å²) in [5, 5.41) is 2.24. The van der Waals surface area contributed by atoms with Gasteiger partial charge in [-0.25, -0.2) is 19.5 Å². The number of fused-ring (bicyclic) bond motifs is 1. The van der Waals surface area contributed by atoms with E-state index < -0.39 is 31.0 Å². The van der Waals surface area contributed by atoms with Crippen molar-refractivity contribution in [1.29, 1.82) is 0 Å². The van der Waals surface area contributed by atoms with E-state index in [1.54, 1.807) is 0 Å². The molecule has 0 spiro atoms. The Labute approximate surface area is 90.2 Å². The molecule has 1 atom stereocenters. The molecule has 1 unspecified atom stereocenters. The maximum Gasteiger partial charge on any atom is 0.445 e. The van der Waals surface area contributed by atoms with Crippen molar-refractivity contribution in [1.82, 2.24) is 15.1 Å². The second kappa shape index (κ2) is 2.78. The minimum Gasteiger partial charge on any atom is -0.292 e. The van der Waals surface area contributed by atoms with Crippen molar-refractivity contribution in [3.05, 3.63) is 0 Å². The van der Waals surface area contributed by atoms with E-state index in [-0.39, 0.29) is 5.84 Å². The van der Waals surface area contributed by atoms with Crippen molar-refractivity contribution in [2.24, 2.45) is 0 Å². The van der Waals surface area contributed by atoms with E-state index in [9.17, 15) is 14.4 Å². The Morgan fingerprint density at radius 3 is 2.73 bits per heavy atom. The zero-order valence-electron chi connectivity index (χ0n) is 11.1. The molecule has 0 bridgehead atoms. The Kier molecular flexibility index (Phi) is 1.21. The maximum absolute atomic E-state index is 11.9. The van der Waals surface area contributed by atoms with Crippen LogP contribution in [0.5, 0.6) is 0 Å². The van der Waals surface area contributed by atoms with E-state index in [0.29, 0.717) is 4.90 Å². The van der Waals surface area contributed by atoms with Crippen LogP contribution in [0.3, 0.4) is 0 Å². The molecule has 0 saturated carbocycles. The van der Waals surface area contributed by atoms with Crippen molar-refractivity contribution >= 4 is 23.8 Å². The molecular formula is C8H11N4O3+. The molecule has 5 amide bonds. The minimum absolute atomic E-state index is 0.0239. The number of hydrogen-bond donors (Lipinski definition) is 1. The first-order valence-corrected chi connectivity index (χ1v) is 4.18. The average molecular weight is 214 g/mol. The van der Waals surface area contributed by atoms with Crippen LogP contribution in [-0.2, 0) is 4.79 Å². The van der Waals surface area contributed by atoms with Gasteiger partial charge in [-0.1, -0.05) is 0 Å². The zero-order valence-corrected chi connectivity index (χ0v) is 8.14. The fourth-order valence-corrected chi connectivity index (χ4v) is 1.58. The first-order chi connectivity index (χ1) is 8.16. The van der Waals surface area contributed by atoms with Crippen molar-refractivity contribution in [3.63, 3.8) is 0 Å². The highest BCUT2D eigenvalue weighted by Crippen LogP contribution is 2.14. The van der Waals surface area contributed by atoms with E-state index in [1.165, 1.54) is 14.1 Å². The standard InChI is InChI=1S/C8H10N4O3/c1-10-4-5(9-7(10)14)11(2)8(15)12(3)6(4)13/h4H,1-3H3/p+1/i1D3. The lowest BCUT2D eigenvalue weighted by Gasteiger charge is -2.23. The third kappa shape index (κ3) is 1.06. The number of hydrogen-bond acceptors (Lipinski definition) is 3. The summed E-state index contributed by atoms with van der Waals surface area (Å²) in [4.78, 5) is 36.4. The Bertz CT molecular complexity index is 498. The summed E-state index contributed by atoms with van der Waals surface area (Å²) < 4.78 is 22.8. The zero-order chi connectivity index (χ0) is 13.8. The number of carbonyl (C=O) groups excluding carboxylic acids is 3. The number of carbonyl (C=O) groups is 3. The summed E-state index contributed by atoms with van der Waals surface area (Å²) >= 11 is 0. The van der Waals surface area contributed by atoms with Gasteiger partial charge in [0.25, 0.3) is 0 Å². The first-order valence-electron chi connectivity index (χ1n) is 5.68. The van der Waals surface area contributed by atoms with Crippen molar-refractivity contribution in [2.45, 2.75) is 6.04 Å². The molecule has 7 heteroatoms. The monoisotopic (exact) mass is 214 g/mol. The molecule has 0 aromatic carbocycles. The molecule has 2 heterocycles. The summed E-state index contributed by atoms with van der Waals surface area (Å²) in [5.74, 6) is -0.771. The molecule has 2 aliphatic rings. The Morgan fingerprint density at radius 2 is 2.13 bits per heavy atom. The molecule has 0 aromatic heterocycles. The second-order valence-electron chi connectivity index (χ2n) is 3.33. The van der Waals surface area contributed by atoms with Crippen molar-refractivity contribution in [3.8, 4) is 0 Å². The summed E-state index contributed by atoms with van der Waals surface area (Å²) in [5.41, 5.74) is 0. The second-order valence-corrected chi connectivity index (χ2v) is 3.33. The number of likely N-dealkylation sites (N-methyl/N-ethyl adjacent to an activating group) is 2. The SMILES string of the molecule is [2H]C([2H])([2H])N1C(=O)NC2=[N+](C)C(=O)N(C)C(=O)C21. The molecule has 0 radical (unpaired) electrons. The van der Waals surface area contributed by atoms with Gasteiger partial charge in [0.2, 0.25) is 11.9 Å². The Morgan fingerprint density at radius 1 is 1.47 bits per heavy atom. The van der Waals surface area contributed by atoms with E-state index in [4.69, 9.17) is 4.11 Å². The molecule has 80 valence electrons. The smallest absolute Gasteiger partial charge is 0.292 e. The van der Waals surface area contributed by atoms with Gasteiger partial charge in [-0.15, -0.1) is 0 Å². The largest absolute Gasteiger partial charge is 0.445 e. The number of imide groups is 1. The molecule has 1 saturated heterocycles. The molecular weight excluding hydrogens is 200 g/mol. The summed E-state index contributed by atoms with van der Waals surface area (Å²) in [6, 6.07) is -2.85. The van der Waals surface area contributed by atoms with E-state index in [2.05, 4.69) is 5.32 Å². The van der Waals surface area contributed by atoms with E-state index in [0.717, 1.165) is 9.48 Å². The van der Waals surface area contributed by atoms with Gasteiger partial charge in [0, 0.05) is 11.1 Å². The molecule has 0 aromatic rings. The van der Waals surface area contributed by atoms with Crippen LogP contribution in [0.25, 0.3) is 0 Å². The van der Waals surface area contributed by atoms with Gasteiger partial charge in [0.1, 0.15) is 0 Å². The first kappa shape index (κ1) is 6.54. The number of rotatable bonds is 0. The van der Waals surface area contributed by atoms with Crippen molar-refractivity contribution in [2.75, 3.05) is 21.1 Å². The summed E-state index contributed by atoms with van der Waals surface area (Å²) in [6.07, 6.45) is 0. The van der Waals surface area contributed by atoms with Gasteiger partial charge >= 0.3 is 18.0 Å². The van der Waals surface area contributed by atoms with Gasteiger partial charge in [-0.3, -0.25) is 9.69 Å². The highest BCUT2D eigenvalue weighted by atomic mass is 16.2. The fraction of sp³-hybridized carbons (Fsp3) is 0.500. The van der Waals surface area contributed by atoms with Crippen LogP contribution in [0.2, 0.25) is 0 Å².